The van der Waals surface area contributed by atoms with Crippen LogP contribution in [0.5, 0.6) is 0 Å². The Kier molecular flexibility index (Phi) is 4.15. The molecule has 1 amide bonds. The van der Waals surface area contributed by atoms with Gasteiger partial charge in [-0.25, -0.2) is 0 Å². The Morgan fingerprint density at radius 3 is 3.05 bits per heavy atom. The van der Waals surface area contributed by atoms with Crippen LogP contribution in [0, 0.1) is 11.3 Å². The number of likely N-dealkylation sites (N-methyl/N-ethyl adjacent to an activating group) is 1. The highest BCUT2D eigenvalue weighted by Crippen LogP contribution is 2.12. The Morgan fingerprint density at radius 2 is 2.42 bits per heavy atom. The van der Waals surface area contributed by atoms with Crippen molar-refractivity contribution in [1.29, 1.82) is 5.26 Å². The summed E-state index contributed by atoms with van der Waals surface area (Å²) in [4.78, 5) is 13.8. The molecule has 0 aromatic heterocycles. The number of rotatable bonds is 3. The van der Waals surface area contributed by atoms with Crippen LogP contribution in [-0.4, -0.2) is 41.7 Å². The van der Waals surface area contributed by atoms with E-state index < -0.39 is 6.10 Å². The lowest BCUT2D eigenvalue weighted by Crippen LogP contribution is -2.41. The van der Waals surface area contributed by atoms with Crippen LogP contribution >= 0.6 is 0 Å². The first-order chi connectivity index (χ1) is 9.10. The first-order valence-electron chi connectivity index (χ1n) is 6.25. The highest BCUT2D eigenvalue weighted by molar-refractivity contribution is 5.82. The van der Waals surface area contributed by atoms with Crippen molar-refractivity contribution in [3.8, 4) is 6.07 Å². The molecule has 2 N–H and O–H groups in total. The van der Waals surface area contributed by atoms with Gasteiger partial charge in [-0.15, -0.1) is 0 Å². The molecule has 0 radical (unpaired) electrons. The second kappa shape index (κ2) is 5.83. The summed E-state index contributed by atoms with van der Waals surface area (Å²) in [5, 5.41) is 21.3. The zero-order chi connectivity index (χ0) is 13.8. The molecule has 19 heavy (non-hydrogen) atoms. The minimum atomic E-state index is -0.440. The van der Waals surface area contributed by atoms with Crippen LogP contribution in [-0.2, 0) is 11.3 Å². The smallest absolute Gasteiger partial charge is 0.239 e. The average molecular weight is 259 g/mol. The fraction of sp³-hybridized carbons (Fsp3) is 0.429. The molecule has 0 bridgehead atoms. The van der Waals surface area contributed by atoms with Crippen molar-refractivity contribution in [2.75, 3.05) is 13.6 Å². The summed E-state index contributed by atoms with van der Waals surface area (Å²) in [6.45, 7) is 0.927. The van der Waals surface area contributed by atoms with Gasteiger partial charge in [-0.2, -0.15) is 5.26 Å². The van der Waals surface area contributed by atoms with E-state index in [1.807, 2.05) is 12.1 Å². The third-order valence-corrected chi connectivity index (χ3v) is 3.26. The molecular formula is C14H17N3O2. The van der Waals surface area contributed by atoms with E-state index in [1.54, 1.807) is 24.1 Å². The molecule has 0 saturated carbocycles. The zero-order valence-electron chi connectivity index (χ0n) is 10.8. The molecule has 2 atom stereocenters. The Hall–Kier alpha value is -1.90. The molecule has 1 aromatic carbocycles. The maximum atomic E-state index is 12.1. The quantitative estimate of drug-likeness (QED) is 0.815. The Labute approximate surface area is 112 Å². The number of aliphatic hydroxyl groups is 1. The van der Waals surface area contributed by atoms with E-state index in [-0.39, 0.29) is 11.9 Å². The van der Waals surface area contributed by atoms with Gasteiger partial charge in [0, 0.05) is 20.1 Å². The lowest BCUT2D eigenvalue weighted by atomic mass is 10.1. The molecule has 1 heterocycles. The molecular weight excluding hydrogens is 242 g/mol. The van der Waals surface area contributed by atoms with E-state index in [2.05, 4.69) is 11.4 Å². The lowest BCUT2D eigenvalue weighted by molar-refractivity contribution is -0.132. The number of amides is 1. The van der Waals surface area contributed by atoms with Crippen molar-refractivity contribution >= 4 is 5.91 Å². The zero-order valence-corrected chi connectivity index (χ0v) is 10.8. The summed E-state index contributed by atoms with van der Waals surface area (Å²) in [6, 6.07) is 8.99. The molecule has 2 rings (SSSR count). The molecule has 1 saturated heterocycles. The number of carbonyl (C=O) groups excluding carboxylic acids is 1. The van der Waals surface area contributed by atoms with Crippen LogP contribution in [0.15, 0.2) is 24.3 Å². The van der Waals surface area contributed by atoms with E-state index in [0.717, 1.165) is 5.56 Å². The van der Waals surface area contributed by atoms with Gasteiger partial charge in [0.15, 0.2) is 0 Å². The summed E-state index contributed by atoms with van der Waals surface area (Å²) in [5.41, 5.74) is 1.52. The predicted octanol–water partition coefficient (Wildman–Crippen LogP) is 0.239. The van der Waals surface area contributed by atoms with Crippen molar-refractivity contribution in [3.63, 3.8) is 0 Å². The first-order valence-corrected chi connectivity index (χ1v) is 6.25. The number of hydrogen-bond donors (Lipinski definition) is 2. The number of nitrogens with zero attached hydrogens (tertiary/aromatic N) is 2. The van der Waals surface area contributed by atoms with Gasteiger partial charge in [0.25, 0.3) is 0 Å². The van der Waals surface area contributed by atoms with Gasteiger partial charge in [-0.1, -0.05) is 12.1 Å². The van der Waals surface area contributed by atoms with E-state index in [9.17, 15) is 9.90 Å². The molecule has 0 aliphatic carbocycles. The van der Waals surface area contributed by atoms with Crippen molar-refractivity contribution in [1.82, 2.24) is 10.2 Å². The van der Waals surface area contributed by atoms with E-state index in [4.69, 9.17) is 5.26 Å². The topological polar surface area (TPSA) is 76.4 Å². The van der Waals surface area contributed by atoms with E-state index >= 15 is 0 Å². The van der Waals surface area contributed by atoms with Crippen LogP contribution in [0.25, 0.3) is 0 Å². The van der Waals surface area contributed by atoms with Gasteiger partial charge in [0.1, 0.15) is 0 Å². The second-order valence-electron chi connectivity index (χ2n) is 4.86. The standard InChI is InChI=1S/C14H17N3O2/c1-17(14(19)13-6-12(18)8-16-13)9-11-4-2-3-10(5-11)7-15/h2-5,12-13,16,18H,6,8-9H2,1H3. The van der Waals surface area contributed by atoms with Crippen LogP contribution in [0.3, 0.4) is 0 Å². The van der Waals surface area contributed by atoms with Crippen molar-refractivity contribution in [2.24, 2.45) is 0 Å². The van der Waals surface area contributed by atoms with Crippen LogP contribution in [0.4, 0.5) is 0 Å². The number of hydrogen-bond acceptors (Lipinski definition) is 4. The number of nitriles is 1. The summed E-state index contributed by atoms with van der Waals surface area (Å²) in [5.74, 6) is -0.0288. The maximum Gasteiger partial charge on any atom is 0.239 e. The van der Waals surface area contributed by atoms with Gasteiger partial charge in [-0.05, 0) is 24.1 Å². The van der Waals surface area contributed by atoms with Crippen LogP contribution in [0.1, 0.15) is 17.5 Å². The normalized spacial score (nSPS) is 21.9. The number of aliphatic hydroxyl groups excluding tert-OH is 1. The van der Waals surface area contributed by atoms with Gasteiger partial charge in [0.2, 0.25) is 5.91 Å². The molecule has 5 heteroatoms. The molecule has 1 aliphatic heterocycles. The first kappa shape index (κ1) is 13.5. The largest absolute Gasteiger partial charge is 0.392 e. The minimum absolute atomic E-state index is 0.0288. The Bertz CT molecular complexity index is 510. The lowest BCUT2D eigenvalue weighted by Gasteiger charge is -2.21. The van der Waals surface area contributed by atoms with Gasteiger partial charge in [0.05, 0.1) is 23.8 Å². The van der Waals surface area contributed by atoms with E-state index in [0.29, 0.717) is 25.1 Å². The molecule has 2 unspecified atom stereocenters. The average Bonchev–Trinajstić information content (AvgIpc) is 2.84. The van der Waals surface area contributed by atoms with Crippen molar-refractivity contribution in [3.05, 3.63) is 35.4 Å². The Morgan fingerprint density at radius 1 is 1.63 bits per heavy atom. The summed E-state index contributed by atoms with van der Waals surface area (Å²) >= 11 is 0. The Balaban J connectivity index is 1.98. The highest BCUT2D eigenvalue weighted by atomic mass is 16.3. The molecule has 1 fully saturated rings. The maximum absolute atomic E-state index is 12.1. The third-order valence-electron chi connectivity index (χ3n) is 3.26. The second-order valence-corrected chi connectivity index (χ2v) is 4.86. The number of benzene rings is 1. The van der Waals surface area contributed by atoms with Crippen molar-refractivity contribution < 1.29 is 9.90 Å². The molecule has 1 aliphatic rings. The predicted molar refractivity (Wildman–Crippen MR) is 70.0 cm³/mol. The third kappa shape index (κ3) is 3.31. The fourth-order valence-electron chi connectivity index (χ4n) is 2.26. The number of nitrogens with one attached hydrogen (secondary N) is 1. The van der Waals surface area contributed by atoms with E-state index in [1.165, 1.54) is 0 Å². The van der Waals surface area contributed by atoms with Crippen LogP contribution in [0.2, 0.25) is 0 Å². The molecule has 0 spiro atoms. The number of carbonyl (C=O) groups is 1. The minimum Gasteiger partial charge on any atom is -0.392 e. The fourth-order valence-corrected chi connectivity index (χ4v) is 2.26. The SMILES string of the molecule is CN(Cc1cccc(C#N)c1)C(=O)C1CC(O)CN1. The molecule has 5 nitrogen and oxygen atoms in total. The summed E-state index contributed by atoms with van der Waals surface area (Å²) in [7, 11) is 1.73. The monoisotopic (exact) mass is 259 g/mol. The summed E-state index contributed by atoms with van der Waals surface area (Å²) in [6.07, 6.45) is 0.0192. The van der Waals surface area contributed by atoms with Crippen LogP contribution < -0.4 is 5.32 Å². The molecule has 1 aromatic rings. The number of β-amino-alcohol motifs (C(OH)–C–C–N with tert-alkyl or cyclic N) is 1. The van der Waals surface area contributed by atoms with Gasteiger partial charge in [-0.3, -0.25) is 4.79 Å². The molecule has 100 valence electrons. The highest BCUT2D eigenvalue weighted by Gasteiger charge is 2.29. The van der Waals surface area contributed by atoms with Gasteiger partial charge >= 0.3 is 0 Å². The summed E-state index contributed by atoms with van der Waals surface area (Å²) < 4.78 is 0. The van der Waals surface area contributed by atoms with Crippen molar-refractivity contribution in [2.45, 2.75) is 25.1 Å². The van der Waals surface area contributed by atoms with Gasteiger partial charge < -0.3 is 15.3 Å².